The van der Waals surface area contributed by atoms with Crippen LogP contribution in [0.4, 0.5) is 0 Å². The molecule has 0 bridgehead atoms. The van der Waals surface area contributed by atoms with Crippen LogP contribution >= 0.6 is 0 Å². The molecule has 1 saturated heterocycles. The molecule has 1 atom stereocenters. The van der Waals surface area contributed by atoms with Crippen molar-refractivity contribution in [1.29, 1.82) is 0 Å². The van der Waals surface area contributed by atoms with Gasteiger partial charge in [0, 0.05) is 18.0 Å². The zero-order valence-electron chi connectivity index (χ0n) is 14.1. The van der Waals surface area contributed by atoms with Gasteiger partial charge in [0.05, 0.1) is 11.7 Å². The van der Waals surface area contributed by atoms with E-state index in [0.29, 0.717) is 19.3 Å². The van der Waals surface area contributed by atoms with Crippen LogP contribution < -0.4 is 9.47 Å². The smallest absolute Gasteiger partial charge is 0.161 e. The Morgan fingerprint density at radius 2 is 2.04 bits per heavy atom. The van der Waals surface area contributed by atoms with Crippen molar-refractivity contribution in [2.45, 2.75) is 25.4 Å². The molecular weight excluding hydrogens is 314 g/mol. The topological polar surface area (TPSA) is 50.4 Å². The second kappa shape index (κ2) is 6.08. The Morgan fingerprint density at radius 1 is 1.12 bits per heavy atom. The first-order valence-electron chi connectivity index (χ1n) is 8.93. The first kappa shape index (κ1) is 14.8. The minimum absolute atomic E-state index is 0.429. The van der Waals surface area contributed by atoms with E-state index >= 15 is 0 Å². The van der Waals surface area contributed by atoms with E-state index < -0.39 is 0 Å². The molecule has 2 aromatic carbocycles. The second-order valence-electron chi connectivity index (χ2n) is 6.78. The molecule has 5 heteroatoms. The Kier molecular flexibility index (Phi) is 3.59. The third-order valence-electron chi connectivity index (χ3n) is 5.26. The van der Waals surface area contributed by atoms with Crippen LogP contribution in [0.5, 0.6) is 11.5 Å². The van der Waals surface area contributed by atoms with Crippen molar-refractivity contribution >= 4 is 10.9 Å². The van der Waals surface area contributed by atoms with E-state index in [2.05, 4.69) is 51.5 Å². The van der Waals surface area contributed by atoms with Gasteiger partial charge in [-0.2, -0.15) is 5.10 Å². The Hall–Kier alpha value is -2.53. The molecule has 3 heterocycles. The number of hydrogen-bond donors (Lipinski definition) is 1. The van der Waals surface area contributed by atoms with E-state index in [-0.39, 0.29) is 0 Å². The minimum Gasteiger partial charge on any atom is -0.486 e. The number of benzene rings is 2. The normalized spacial score (nSPS) is 20.2. The molecule has 2 aliphatic rings. The van der Waals surface area contributed by atoms with Crippen LogP contribution in [0.3, 0.4) is 0 Å². The molecule has 1 aromatic heterocycles. The highest BCUT2D eigenvalue weighted by atomic mass is 16.6. The van der Waals surface area contributed by atoms with E-state index in [9.17, 15) is 0 Å². The van der Waals surface area contributed by atoms with Crippen molar-refractivity contribution in [1.82, 2.24) is 15.1 Å². The van der Waals surface area contributed by atoms with Crippen molar-refractivity contribution in [3.05, 3.63) is 53.7 Å². The first-order chi connectivity index (χ1) is 12.4. The minimum atomic E-state index is 0.429. The Morgan fingerprint density at radius 3 is 3.00 bits per heavy atom. The van der Waals surface area contributed by atoms with E-state index in [1.165, 1.54) is 29.4 Å². The Labute approximate surface area is 146 Å². The third kappa shape index (κ3) is 2.65. The number of aromatic amines is 1. The van der Waals surface area contributed by atoms with Crippen molar-refractivity contribution in [2.24, 2.45) is 0 Å². The van der Waals surface area contributed by atoms with Gasteiger partial charge in [-0.05, 0) is 48.7 Å². The molecule has 5 nitrogen and oxygen atoms in total. The van der Waals surface area contributed by atoms with Gasteiger partial charge in [-0.15, -0.1) is 0 Å². The van der Waals surface area contributed by atoms with E-state index in [1.807, 2.05) is 6.20 Å². The average Bonchev–Trinajstić information content (AvgIpc) is 3.31. The lowest BCUT2D eigenvalue weighted by atomic mass is 10.0. The predicted molar refractivity (Wildman–Crippen MR) is 95.9 cm³/mol. The molecule has 0 saturated carbocycles. The lowest BCUT2D eigenvalue weighted by Gasteiger charge is -2.27. The fourth-order valence-electron chi connectivity index (χ4n) is 4.05. The van der Waals surface area contributed by atoms with Crippen LogP contribution in [0.1, 0.15) is 30.0 Å². The summed E-state index contributed by atoms with van der Waals surface area (Å²) in [7, 11) is 0. The summed E-state index contributed by atoms with van der Waals surface area (Å²) in [5, 5.41) is 8.47. The molecular formula is C20H21N3O2. The summed E-state index contributed by atoms with van der Waals surface area (Å²) >= 11 is 0. The molecule has 0 aliphatic carbocycles. The SMILES string of the molecule is c1cc(CN2CCCC2c2ccc3c(c2)OCCO3)c2cn[nH]c2c1. The highest BCUT2D eigenvalue weighted by molar-refractivity contribution is 5.81. The number of likely N-dealkylation sites (tertiary alicyclic amines) is 1. The van der Waals surface area contributed by atoms with Crippen molar-refractivity contribution < 1.29 is 9.47 Å². The summed E-state index contributed by atoms with van der Waals surface area (Å²) in [5.41, 5.74) is 3.75. The van der Waals surface area contributed by atoms with Gasteiger partial charge in [-0.3, -0.25) is 10.00 Å². The van der Waals surface area contributed by atoms with Gasteiger partial charge in [0.2, 0.25) is 0 Å². The van der Waals surface area contributed by atoms with E-state index in [4.69, 9.17) is 9.47 Å². The molecule has 25 heavy (non-hydrogen) atoms. The van der Waals surface area contributed by atoms with Crippen LogP contribution in [0.2, 0.25) is 0 Å². The number of fused-ring (bicyclic) bond motifs is 2. The molecule has 0 spiro atoms. The monoisotopic (exact) mass is 335 g/mol. The Bertz CT molecular complexity index is 905. The maximum atomic E-state index is 5.77. The molecule has 0 radical (unpaired) electrons. The van der Waals surface area contributed by atoms with Gasteiger partial charge >= 0.3 is 0 Å². The van der Waals surface area contributed by atoms with Gasteiger partial charge in [-0.25, -0.2) is 0 Å². The number of H-pyrrole nitrogens is 1. The number of aromatic nitrogens is 2. The summed E-state index contributed by atoms with van der Waals surface area (Å²) in [5.74, 6) is 1.75. The fourth-order valence-corrected chi connectivity index (χ4v) is 4.05. The summed E-state index contributed by atoms with van der Waals surface area (Å²) in [6, 6.07) is 13.2. The molecule has 3 aromatic rings. The van der Waals surface area contributed by atoms with Gasteiger partial charge in [0.25, 0.3) is 0 Å². The summed E-state index contributed by atoms with van der Waals surface area (Å²) in [4.78, 5) is 2.56. The van der Waals surface area contributed by atoms with Gasteiger partial charge in [0.15, 0.2) is 11.5 Å². The maximum Gasteiger partial charge on any atom is 0.161 e. The summed E-state index contributed by atoms with van der Waals surface area (Å²) in [6.07, 6.45) is 4.33. The highest BCUT2D eigenvalue weighted by Crippen LogP contribution is 2.39. The van der Waals surface area contributed by atoms with E-state index in [0.717, 1.165) is 30.1 Å². The maximum absolute atomic E-state index is 5.77. The van der Waals surface area contributed by atoms with Crippen molar-refractivity contribution in [2.75, 3.05) is 19.8 Å². The van der Waals surface area contributed by atoms with Crippen LogP contribution in [0, 0.1) is 0 Å². The van der Waals surface area contributed by atoms with Gasteiger partial charge in [0.1, 0.15) is 13.2 Å². The molecule has 1 unspecified atom stereocenters. The first-order valence-corrected chi connectivity index (χ1v) is 8.93. The summed E-state index contributed by atoms with van der Waals surface area (Å²) in [6.45, 7) is 3.33. The Balaban J connectivity index is 1.43. The van der Waals surface area contributed by atoms with Crippen molar-refractivity contribution in [3.63, 3.8) is 0 Å². The number of nitrogens with zero attached hydrogens (tertiary/aromatic N) is 2. The van der Waals surface area contributed by atoms with Crippen LogP contribution in [0.15, 0.2) is 42.6 Å². The standard InChI is InChI=1S/C20H21N3O2/c1-3-15(16-12-21-22-17(16)4-1)13-23-8-2-5-18(23)14-6-7-19-20(11-14)25-10-9-24-19/h1,3-4,6-7,11-12,18H,2,5,8-10,13H2,(H,21,22). The van der Waals surface area contributed by atoms with Gasteiger partial charge in [-0.1, -0.05) is 18.2 Å². The summed E-state index contributed by atoms with van der Waals surface area (Å²) < 4.78 is 11.4. The van der Waals surface area contributed by atoms with Crippen LogP contribution in [-0.2, 0) is 6.54 Å². The number of ether oxygens (including phenoxy) is 2. The molecule has 128 valence electrons. The van der Waals surface area contributed by atoms with E-state index in [1.54, 1.807) is 0 Å². The number of hydrogen-bond acceptors (Lipinski definition) is 4. The molecule has 1 N–H and O–H groups in total. The zero-order valence-corrected chi connectivity index (χ0v) is 14.1. The van der Waals surface area contributed by atoms with Crippen LogP contribution in [0.25, 0.3) is 10.9 Å². The largest absolute Gasteiger partial charge is 0.486 e. The quantitative estimate of drug-likeness (QED) is 0.793. The lowest BCUT2D eigenvalue weighted by Crippen LogP contribution is -2.23. The molecule has 0 amide bonds. The fraction of sp³-hybridized carbons (Fsp3) is 0.350. The average molecular weight is 335 g/mol. The third-order valence-corrected chi connectivity index (χ3v) is 5.26. The van der Waals surface area contributed by atoms with Gasteiger partial charge < -0.3 is 9.47 Å². The number of rotatable bonds is 3. The molecule has 1 fully saturated rings. The molecule has 2 aliphatic heterocycles. The van der Waals surface area contributed by atoms with Crippen LogP contribution in [-0.4, -0.2) is 34.9 Å². The van der Waals surface area contributed by atoms with Crippen molar-refractivity contribution in [3.8, 4) is 11.5 Å². The lowest BCUT2D eigenvalue weighted by molar-refractivity contribution is 0.170. The molecule has 5 rings (SSSR count). The predicted octanol–water partition coefficient (Wildman–Crippen LogP) is 3.67. The highest BCUT2D eigenvalue weighted by Gasteiger charge is 2.27. The zero-order chi connectivity index (χ0) is 16.6. The number of nitrogens with one attached hydrogen (secondary N) is 1. The second-order valence-corrected chi connectivity index (χ2v) is 6.78.